The SMILES string of the molecule is CC(C)(C)NC(=O)[C@H](Cc1ccc(OCc2ccccc2)cc1)NC(=O)[C@@H](N)Cc1ccncc1.CC(C)CCN[C@@H](Cc1ccncc1)C(=O)N[C@@H](Cc1ccc(OCc2ccccc2)cc1)C(=O)NC(C)(C)C. The normalized spacial score (nSPS) is 12.9. The van der Waals surface area contributed by atoms with Crippen LogP contribution < -0.4 is 41.8 Å². The van der Waals surface area contributed by atoms with E-state index in [1.165, 1.54) is 0 Å². The van der Waals surface area contributed by atoms with E-state index in [9.17, 15) is 19.2 Å². The molecule has 0 fully saturated rings. The summed E-state index contributed by atoms with van der Waals surface area (Å²) < 4.78 is 11.8. The Bertz CT molecular complexity index is 2630. The highest BCUT2D eigenvalue weighted by Crippen LogP contribution is 2.18. The Hall–Kier alpha value is -7.42. The van der Waals surface area contributed by atoms with E-state index in [4.69, 9.17) is 15.2 Å². The number of amides is 4. The lowest BCUT2D eigenvalue weighted by molar-refractivity contribution is -0.130. The van der Waals surface area contributed by atoms with E-state index in [2.05, 4.69) is 50.4 Å². The van der Waals surface area contributed by atoms with Gasteiger partial charge in [0.1, 0.15) is 36.8 Å². The molecule has 6 aromatic rings. The second-order valence-corrected chi connectivity index (χ2v) is 21.3. The van der Waals surface area contributed by atoms with Gasteiger partial charge >= 0.3 is 0 Å². The van der Waals surface area contributed by atoms with Crippen molar-refractivity contribution >= 4 is 23.6 Å². The summed E-state index contributed by atoms with van der Waals surface area (Å²) in [4.78, 5) is 60.8. The van der Waals surface area contributed by atoms with E-state index in [0.29, 0.717) is 51.4 Å². The van der Waals surface area contributed by atoms with Crippen LogP contribution in [0.3, 0.4) is 0 Å². The smallest absolute Gasteiger partial charge is 0.243 e. The van der Waals surface area contributed by atoms with Crippen LogP contribution >= 0.6 is 0 Å². The maximum atomic E-state index is 13.6. The van der Waals surface area contributed by atoms with Gasteiger partial charge in [-0.2, -0.15) is 0 Å². The minimum atomic E-state index is -0.781. The Balaban J connectivity index is 0.000000280. The van der Waals surface area contributed by atoms with Gasteiger partial charge in [-0.1, -0.05) is 98.8 Å². The van der Waals surface area contributed by atoms with Crippen molar-refractivity contribution in [2.24, 2.45) is 11.7 Å². The molecule has 0 aliphatic heterocycles. The van der Waals surface area contributed by atoms with Gasteiger partial charge in [0.15, 0.2) is 0 Å². The fourth-order valence-electron chi connectivity index (χ4n) is 7.70. The van der Waals surface area contributed by atoms with Crippen LogP contribution in [0, 0.1) is 5.92 Å². The number of benzene rings is 4. The van der Waals surface area contributed by atoms with E-state index in [0.717, 1.165) is 51.3 Å². The quantitative estimate of drug-likeness (QED) is 0.0345. The average Bonchev–Trinajstić information content (AvgIpc) is 3.37. The number of nitrogens with one attached hydrogen (secondary N) is 5. The topological polar surface area (TPSA) is 199 Å². The van der Waals surface area contributed by atoms with Crippen LogP contribution in [0.25, 0.3) is 0 Å². The second kappa shape index (κ2) is 29.5. The molecule has 0 saturated heterocycles. The number of hydrogen-bond acceptors (Lipinski definition) is 10. The molecule has 0 spiro atoms. The number of rotatable bonds is 24. The second-order valence-electron chi connectivity index (χ2n) is 21.3. The number of carbonyl (C=O) groups excluding carboxylic acids is 4. The Labute approximate surface area is 444 Å². The first-order chi connectivity index (χ1) is 35.8. The zero-order chi connectivity index (χ0) is 54.2. The van der Waals surface area contributed by atoms with Gasteiger partial charge in [-0.25, -0.2) is 0 Å². The number of nitrogens with two attached hydrogens (primary N) is 1. The van der Waals surface area contributed by atoms with Crippen molar-refractivity contribution in [3.8, 4) is 11.5 Å². The molecule has 7 N–H and O–H groups in total. The largest absolute Gasteiger partial charge is 0.489 e. The number of ether oxygens (including phenoxy) is 2. The van der Waals surface area contributed by atoms with Crippen molar-refractivity contribution < 1.29 is 28.7 Å². The van der Waals surface area contributed by atoms with Gasteiger partial charge in [-0.15, -0.1) is 0 Å². The van der Waals surface area contributed by atoms with Crippen molar-refractivity contribution in [1.29, 1.82) is 0 Å². The fraction of sp³-hybridized carbons (Fsp3) is 0.377. The van der Waals surface area contributed by atoms with E-state index < -0.39 is 35.2 Å². The maximum Gasteiger partial charge on any atom is 0.243 e. The molecule has 4 aromatic carbocycles. The van der Waals surface area contributed by atoms with Gasteiger partial charge in [-0.05, 0) is 155 Å². The van der Waals surface area contributed by atoms with Gasteiger partial charge in [0, 0.05) is 48.7 Å². The first-order valence-electron chi connectivity index (χ1n) is 25.8. The molecule has 14 heteroatoms. The highest BCUT2D eigenvalue weighted by Gasteiger charge is 2.29. The Morgan fingerprint density at radius 3 is 1.24 bits per heavy atom. The van der Waals surface area contributed by atoms with Crippen LogP contribution in [0.15, 0.2) is 158 Å². The zero-order valence-corrected chi connectivity index (χ0v) is 45.0. The van der Waals surface area contributed by atoms with Crippen molar-refractivity contribution in [3.05, 3.63) is 192 Å². The highest BCUT2D eigenvalue weighted by atomic mass is 16.5. The van der Waals surface area contributed by atoms with Crippen molar-refractivity contribution in [3.63, 3.8) is 0 Å². The lowest BCUT2D eigenvalue weighted by Crippen LogP contribution is -2.56. The zero-order valence-electron chi connectivity index (χ0n) is 45.0. The molecule has 6 rings (SSSR count). The third kappa shape index (κ3) is 22.7. The van der Waals surface area contributed by atoms with Crippen molar-refractivity contribution in [2.75, 3.05) is 6.54 Å². The summed E-state index contributed by atoms with van der Waals surface area (Å²) >= 11 is 0. The van der Waals surface area contributed by atoms with Crippen molar-refractivity contribution in [2.45, 2.75) is 136 Å². The van der Waals surface area contributed by atoms with Gasteiger partial charge < -0.3 is 41.8 Å². The Kier molecular flexibility index (Phi) is 23.0. The molecule has 0 radical (unpaired) electrons. The summed E-state index contributed by atoms with van der Waals surface area (Å²) in [5, 5.41) is 15.3. The number of hydrogen-bond donors (Lipinski definition) is 6. The van der Waals surface area contributed by atoms with Crippen LogP contribution in [0.1, 0.15) is 95.2 Å². The molecule has 4 amide bonds. The lowest BCUT2D eigenvalue weighted by atomic mass is 10.0. The molecule has 2 aromatic heterocycles. The average molecular weight is 1020 g/mol. The minimum Gasteiger partial charge on any atom is -0.489 e. The van der Waals surface area contributed by atoms with Gasteiger partial charge in [0.05, 0.1) is 12.1 Å². The molecule has 4 atom stereocenters. The Morgan fingerprint density at radius 2 is 0.840 bits per heavy atom. The third-order valence-corrected chi connectivity index (χ3v) is 11.6. The summed E-state index contributed by atoms with van der Waals surface area (Å²) in [7, 11) is 0. The number of pyridine rings is 2. The molecule has 0 aliphatic rings. The first-order valence-corrected chi connectivity index (χ1v) is 25.8. The van der Waals surface area contributed by atoms with E-state index >= 15 is 0 Å². The predicted molar refractivity (Wildman–Crippen MR) is 297 cm³/mol. The maximum absolute atomic E-state index is 13.6. The molecule has 14 nitrogen and oxygen atoms in total. The van der Waals surface area contributed by atoms with Crippen LogP contribution in [-0.2, 0) is 58.1 Å². The van der Waals surface area contributed by atoms with Gasteiger partial charge in [-0.3, -0.25) is 29.1 Å². The molecule has 0 aliphatic carbocycles. The summed E-state index contributed by atoms with van der Waals surface area (Å²) in [6.45, 7) is 17.5. The molecule has 398 valence electrons. The third-order valence-electron chi connectivity index (χ3n) is 11.6. The minimum absolute atomic E-state index is 0.197. The predicted octanol–water partition coefficient (Wildman–Crippen LogP) is 8.02. The van der Waals surface area contributed by atoms with Gasteiger partial charge in [0.2, 0.25) is 23.6 Å². The monoisotopic (exact) mass is 1020 g/mol. The lowest BCUT2D eigenvalue weighted by Gasteiger charge is -2.27. The summed E-state index contributed by atoms with van der Waals surface area (Å²) in [6.07, 6.45) is 9.28. The van der Waals surface area contributed by atoms with Crippen LogP contribution in [-0.4, -0.2) is 75.4 Å². The summed E-state index contributed by atoms with van der Waals surface area (Å²) in [6, 6.07) is 39.9. The fourth-order valence-corrected chi connectivity index (χ4v) is 7.70. The molecule has 0 saturated carbocycles. The van der Waals surface area contributed by atoms with Crippen LogP contribution in [0.4, 0.5) is 0 Å². The summed E-state index contributed by atoms with van der Waals surface area (Å²) in [5.74, 6) is 0.954. The van der Waals surface area contributed by atoms with Crippen molar-refractivity contribution in [1.82, 2.24) is 36.6 Å². The van der Waals surface area contributed by atoms with E-state index in [1.54, 1.807) is 24.8 Å². The molecule has 75 heavy (non-hydrogen) atoms. The van der Waals surface area contributed by atoms with E-state index in [1.807, 2.05) is 175 Å². The first kappa shape index (κ1) is 58.5. The molecule has 0 bridgehead atoms. The number of nitrogens with zero attached hydrogens (tertiary/aromatic N) is 2. The number of aromatic nitrogens is 2. The Morgan fingerprint density at radius 1 is 0.467 bits per heavy atom. The molecule has 2 heterocycles. The molecular weight excluding hydrogens is 941 g/mol. The summed E-state index contributed by atoms with van der Waals surface area (Å²) in [5.41, 5.74) is 11.2. The van der Waals surface area contributed by atoms with Gasteiger partial charge in [0.25, 0.3) is 0 Å². The van der Waals surface area contributed by atoms with Crippen LogP contribution in [0.5, 0.6) is 11.5 Å². The standard InChI is InChI=1S/C33H44N4O3.C28H34N4O3/c1-24(2)15-20-35-29(21-26-16-18-34-19-17-26)31(38)36-30(32(39)37-33(3,4)5)22-25-11-13-28(14-12-25)40-23-27-9-7-6-8-10-27;1-28(2,3)32-27(34)25(31-26(33)24(29)17-21-13-15-30-16-14-21)18-20-9-11-23(12-10-20)35-19-22-7-5-4-6-8-22/h6-14,16-19,24,29-30,35H,15,20-23H2,1-5H3,(H,36,38)(H,37,39);4-16,24-25H,17-19,29H2,1-3H3,(H,31,33)(H,32,34)/t29-,30-;24-,25-/m00/s1. The highest BCUT2D eigenvalue weighted by molar-refractivity contribution is 5.91. The molecule has 0 unspecified atom stereocenters. The van der Waals surface area contributed by atoms with E-state index in [-0.39, 0.29) is 23.6 Å². The molecular formula is C61H78N8O6. The number of carbonyl (C=O) groups is 4. The van der Waals surface area contributed by atoms with Crippen LogP contribution in [0.2, 0.25) is 0 Å².